The van der Waals surface area contributed by atoms with Gasteiger partial charge in [-0.05, 0) is 60.3 Å². The summed E-state index contributed by atoms with van der Waals surface area (Å²) in [6.07, 6.45) is 7.94. The van der Waals surface area contributed by atoms with E-state index in [0.29, 0.717) is 5.16 Å². The molecule has 0 amide bonds. The smallest absolute Gasteiger partial charge is 0.203 e. The molecule has 0 saturated heterocycles. The summed E-state index contributed by atoms with van der Waals surface area (Å²) in [5.74, 6) is 1.48. The minimum atomic E-state index is 0.695. The Morgan fingerprint density at radius 1 is 1.18 bits per heavy atom. The van der Waals surface area contributed by atoms with Crippen LogP contribution in [0.25, 0.3) is 22.0 Å². The van der Waals surface area contributed by atoms with Crippen molar-refractivity contribution >= 4 is 45.0 Å². The molecule has 7 nitrogen and oxygen atoms in total. The number of hydrogen-bond acceptors (Lipinski definition) is 9. The van der Waals surface area contributed by atoms with Gasteiger partial charge in [0.1, 0.15) is 10.8 Å². The highest BCUT2D eigenvalue weighted by Crippen LogP contribution is 2.39. The van der Waals surface area contributed by atoms with Crippen LogP contribution in [0.3, 0.4) is 0 Å². The SMILES string of the molecule is C/C=C\C(=C/C)c1ccc(OC)c(-n2c(Sc3ncc(NOC)s3)nnc2-c2cccs2)c1. The molecule has 0 atom stereocenters. The van der Waals surface area contributed by atoms with Gasteiger partial charge in [0.2, 0.25) is 5.16 Å². The molecule has 3 heterocycles. The van der Waals surface area contributed by atoms with Gasteiger partial charge in [-0.25, -0.2) is 4.98 Å². The van der Waals surface area contributed by atoms with Gasteiger partial charge in [-0.3, -0.25) is 14.9 Å². The third-order valence-corrected chi connectivity index (χ3v) is 7.43. The van der Waals surface area contributed by atoms with Crippen LogP contribution in [0.4, 0.5) is 5.00 Å². The van der Waals surface area contributed by atoms with Crippen molar-refractivity contribution in [2.24, 2.45) is 0 Å². The number of hydrogen-bond donors (Lipinski definition) is 1. The Morgan fingerprint density at radius 3 is 2.76 bits per heavy atom. The van der Waals surface area contributed by atoms with Crippen LogP contribution in [0.5, 0.6) is 5.75 Å². The second-order valence-corrected chi connectivity index (χ2v) is 9.84. The first-order chi connectivity index (χ1) is 16.2. The van der Waals surface area contributed by atoms with Crippen molar-refractivity contribution < 1.29 is 9.57 Å². The lowest BCUT2D eigenvalue weighted by atomic mass is 10.0. The molecule has 0 saturated carbocycles. The van der Waals surface area contributed by atoms with Crippen LogP contribution in [0.15, 0.2) is 69.6 Å². The number of nitrogens with one attached hydrogen (secondary N) is 1. The van der Waals surface area contributed by atoms with Crippen LogP contribution >= 0.6 is 34.4 Å². The average Bonchev–Trinajstić information content (AvgIpc) is 3.59. The van der Waals surface area contributed by atoms with Gasteiger partial charge in [-0.1, -0.05) is 41.7 Å². The number of aromatic nitrogens is 4. The number of ether oxygens (including phenoxy) is 1. The predicted octanol–water partition coefficient (Wildman–Crippen LogP) is 6.56. The monoisotopic (exact) mass is 497 g/mol. The van der Waals surface area contributed by atoms with E-state index < -0.39 is 0 Å². The lowest BCUT2D eigenvalue weighted by molar-refractivity contribution is 0.272. The summed E-state index contributed by atoms with van der Waals surface area (Å²) in [5, 5.41) is 12.6. The molecule has 0 bridgehead atoms. The first kappa shape index (κ1) is 23.2. The van der Waals surface area contributed by atoms with Crippen molar-refractivity contribution in [1.82, 2.24) is 19.7 Å². The Balaban J connectivity index is 1.87. The van der Waals surface area contributed by atoms with Gasteiger partial charge in [0, 0.05) is 0 Å². The van der Waals surface area contributed by atoms with Crippen molar-refractivity contribution in [3.8, 4) is 22.1 Å². The maximum atomic E-state index is 5.75. The summed E-state index contributed by atoms with van der Waals surface area (Å²) in [4.78, 5) is 10.5. The van der Waals surface area contributed by atoms with Crippen molar-refractivity contribution in [1.29, 1.82) is 0 Å². The minimum absolute atomic E-state index is 0.695. The molecule has 0 aliphatic rings. The van der Waals surface area contributed by atoms with Crippen molar-refractivity contribution in [3.63, 3.8) is 0 Å². The fourth-order valence-electron chi connectivity index (χ4n) is 3.23. The van der Waals surface area contributed by atoms with E-state index in [0.717, 1.165) is 42.6 Å². The van der Waals surface area contributed by atoms with Gasteiger partial charge in [-0.15, -0.1) is 21.5 Å². The van der Waals surface area contributed by atoms with Crippen LogP contribution < -0.4 is 10.2 Å². The largest absolute Gasteiger partial charge is 0.495 e. The molecule has 3 aromatic heterocycles. The zero-order valence-corrected chi connectivity index (χ0v) is 21.1. The summed E-state index contributed by atoms with van der Waals surface area (Å²) in [6.45, 7) is 4.04. The van der Waals surface area contributed by atoms with Crippen molar-refractivity contribution in [2.75, 3.05) is 19.7 Å². The Hall–Kier alpha value is -2.92. The number of thiazole rings is 1. The molecule has 4 rings (SSSR count). The van der Waals surface area contributed by atoms with E-state index in [1.807, 2.05) is 48.1 Å². The van der Waals surface area contributed by atoms with Crippen LogP contribution in [0.1, 0.15) is 19.4 Å². The molecule has 0 aliphatic heterocycles. The lowest BCUT2D eigenvalue weighted by Crippen LogP contribution is -2.03. The highest BCUT2D eigenvalue weighted by atomic mass is 32.2. The summed E-state index contributed by atoms with van der Waals surface area (Å²) >= 11 is 4.54. The van der Waals surface area contributed by atoms with Gasteiger partial charge in [0.05, 0.1) is 31.0 Å². The molecule has 0 radical (unpaired) electrons. The zero-order valence-electron chi connectivity index (χ0n) is 18.6. The predicted molar refractivity (Wildman–Crippen MR) is 137 cm³/mol. The average molecular weight is 498 g/mol. The molecule has 0 unspecified atom stereocenters. The number of methoxy groups -OCH3 is 1. The maximum Gasteiger partial charge on any atom is 0.203 e. The molecule has 170 valence electrons. The number of anilines is 1. The van der Waals surface area contributed by atoms with E-state index in [9.17, 15) is 0 Å². The van der Waals surface area contributed by atoms with Crippen LogP contribution in [0.2, 0.25) is 0 Å². The first-order valence-corrected chi connectivity index (χ1v) is 12.6. The minimum Gasteiger partial charge on any atom is -0.495 e. The number of thiophene rings is 1. The summed E-state index contributed by atoms with van der Waals surface area (Å²) < 4.78 is 8.60. The van der Waals surface area contributed by atoms with Crippen LogP contribution in [-0.4, -0.2) is 34.0 Å². The van der Waals surface area contributed by atoms with E-state index in [2.05, 4.69) is 44.9 Å². The second kappa shape index (κ2) is 10.8. The maximum absolute atomic E-state index is 5.75. The van der Waals surface area contributed by atoms with Gasteiger partial charge in [0.15, 0.2) is 10.2 Å². The molecular formula is C23H23N5O2S3. The normalized spacial score (nSPS) is 11.9. The standard InChI is InChI=1S/C23H23N5O2S3/c1-5-8-15(6-2)16-10-11-18(29-3)17(13-16)28-21(19-9-7-12-31-19)25-26-22(28)33-23-24-14-20(32-23)27-30-4/h5-14,27H,1-4H3/b8-5-,15-6+. The third-order valence-electron chi connectivity index (χ3n) is 4.65. The highest BCUT2D eigenvalue weighted by molar-refractivity contribution is 8.01. The summed E-state index contributed by atoms with van der Waals surface area (Å²) in [6, 6.07) is 10.2. The van der Waals surface area contributed by atoms with E-state index in [-0.39, 0.29) is 0 Å². The Bertz CT molecular complexity index is 1280. The lowest BCUT2D eigenvalue weighted by Gasteiger charge is -2.15. The molecule has 1 N–H and O–H groups in total. The topological polar surface area (TPSA) is 74.1 Å². The van der Waals surface area contributed by atoms with Crippen LogP contribution in [-0.2, 0) is 4.84 Å². The van der Waals surface area contributed by atoms with Gasteiger partial charge >= 0.3 is 0 Å². The quantitative estimate of drug-likeness (QED) is 0.207. The van der Waals surface area contributed by atoms with E-state index in [1.54, 1.807) is 31.8 Å². The molecule has 0 spiro atoms. The molecule has 0 aliphatic carbocycles. The number of rotatable bonds is 9. The fourth-order valence-corrected chi connectivity index (χ4v) is 5.73. The van der Waals surface area contributed by atoms with Gasteiger partial charge in [-0.2, -0.15) is 0 Å². The third kappa shape index (κ3) is 5.03. The molecule has 0 fully saturated rings. The van der Waals surface area contributed by atoms with Gasteiger partial charge in [0.25, 0.3) is 0 Å². The van der Waals surface area contributed by atoms with E-state index >= 15 is 0 Å². The van der Waals surface area contributed by atoms with Crippen molar-refractivity contribution in [2.45, 2.75) is 23.3 Å². The molecule has 33 heavy (non-hydrogen) atoms. The number of allylic oxidation sites excluding steroid dienone is 4. The zero-order chi connectivity index (χ0) is 23.2. The second-order valence-electron chi connectivity index (χ2n) is 6.65. The molecule has 4 aromatic rings. The van der Waals surface area contributed by atoms with Crippen molar-refractivity contribution in [3.05, 3.63) is 65.7 Å². The molecule has 1 aromatic carbocycles. The summed E-state index contributed by atoms with van der Waals surface area (Å²) in [5.41, 5.74) is 5.88. The van der Waals surface area contributed by atoms with Gasteiger partial charge < -0.3 is 4.74 Å². The Labute approximate surface area is 204 Å². The molecular weight excluding hydrogens is 474 g/mol. The van der Waals surface area contributed by atoms with E-state index in [4.69, 9.17) is 9.57 Å². The molecule has 10 heteroatoms. The fraction of sp³-hybridized carbons (Fsp3) is 0.174. The first-order valence-electron chi connectivity index (χ1n) is 10.1. The Kier molecular flexibility index (Phi) is 7.61. The highest BCUT2D eigenvalue weighted by Gasteiger charge is 2.22. The van der Waals surface area contributed by atoms with Crippen LogP contribution in [0, 0.1) is 0 Å². The number of benzene rings is 1. The van der Waals surface area contributed by atoms with E-state index in [1.165, 1.54) is 23.1 Å². The Morgan fingerprint density at radius 2 is 2.06 bits per heavy atom. The number of nitrogens with zero attached hydrogens (tertiary/aromatic N) is 4. The summed E-state index contributed by atoms with van der Waals surface area (Å²) in [7, 11) is 3.25.